The van der Waals surface area contributed by atoms with Gasteiger partial charge in [0.25, 0.3) is 11.8 Å². The van der Waals surface area contributed by atoms with Gasteiger partial charge in [0.1, 0.15) is 11.3 Å². The molecule has 1 atom stereocenters. The Bertz CT molecular complexity index is 1220. The molecule has 35 heavy (non-hydrogen) atoms. The first-order chi connectivity index (χ1) is 16.6. The fourth-order valence-corrected chi connectivity index (χ4v) is 5.49. The number of rotatable bonds is 5. The zero-order chi connectivity index (χ0) is 25.5. The minimum Gasteiger partial charge on any atom is -0.496 e. The van der Waals surface area contributed by atoms with E-state index in [0.29, 0.717) is 22.9 Å². The largest absolute Gasteiger partial charge is 0.496 e. The van der Waals surface area contributed by atoms with Crippen LogP contribution >= 0.6 is 12.2 Å². The van der Waals surface area contributed by atoms with Crippen molar-refractivity contribution in [2.24, 2.45) is 0 Å². The molecule has 2 aromatic carbocycles. The number of benzene rings is 2. The molecule has 1 unspecified atom stereocenters. The fourth-order valence-electron chi connectivity index (χ4n) is 5.21. The van der Waals surface area contributed by atoms with E-state index in [4.69, 9.17) is 17.0 Å². The van der Waals surface area contributed by atoms with Crippen molar-refractivity contribution in [1.82, 2.24) is 5.32 Å². The minimum absolute atomic E-state index is 0.0200. The Morgan fingerprint density at radius 1 is 1.20 bits per heavy atom. The third kappa shape index (κ3) is 4.57. The lowest BCUT2D eigenvalue weighted by Crippen LogP contribution is -2.54. The molecule has 0 spiro atoms. The summed E-state index contributed by atoms with van der Waals surface area (Å²) in [5.74, 6) is -0.0179. The number of carbonyl (C=O) groups excluding carboxylic acids is 2. The third-order valence-corrected chi connectivity index (χ3v) is 7.16. The standard InChI is InChI=1S/C28H33N3O3S/c1-7-12-30-23-15-24(34-6)19(13-21(23)18(3)16-28(30,4)5)14-22-25(32)29-27(35)31(26(22)33)20-10-8-17(2)9-11-20/h8-11,13-15,18H,7,12,16H2,1-6H3,(H,29,32,35)/b22-14-. The number of ether oxygens (including phenoxy) is 1. The molecule has 2 amide bonds. The Morgan fingerprint density at radius 2 is 1.89 bits per heavy atom. The lowest BCUT2D eigenvalue weighted by Gasteiger charge is -2.48. The van der Waals surface area contributed by atoms with Gasteiger partial charge in [0.15, 0.2) is 5.11 Å². The van der Waals surface area contributed by atoms with Crippen molar-refractivity contribution in [2.75, 3.05) is 23.5 Å². The second-order valence-electron chi connectivity index (χ2n) is 10.0. The predicted molar refractivity (Wildman–Crippen MR) is 145 cm³/mol. The molecule has 0 aromatic heterocycles. The maximum atomic E-state index is 13.5. The molecular formula is C28H33N3O3S. The number of amides is 2. The molecule has 4 rings (SSSR count). The molecule has 2 aromatic rings. The maximum absolute atomic E-state index is 13.5. The number of methoxy groups -OCH3 is 1. The smallest absolute Gasteiger partial charge is 0.270 e. The molecular weight excluding hydrogens is 458 g/mol. The van der Waals surface area contributed by atoms with Crippen molar-refractivity contribution in [1.29, 1.82) is 0 Å². The van der Waals surface area contributed by atoms with Gasteiger partial charge in [0, 0.05) is 29.4 Å². The highest BCUT2D eigenvalue weighted by Gasteiger charge is 2.38. The topological polar surface area (TPSA) is 61.9 Å². The van der Waals surface area contributed by atoms with Gasteiger partial charge in [0.05, 0.1) is 12.8 Å². The quantitative estimate of drug-likeness (QED) is 0.348. The van der Waals surface area contributed by atoms with E-state index in [1.165, 1.54) is 10.5 Å². The van der Waals surface area contributed by atoms with Crippen LogP contribution in [0.25, 0.3) is 6.08 Å². The van der Waals surface area contributed by atoms with Crippen LogP contribution in [0, 0.1) is 6.92 Å². The van der Waals surface area contributed by atoms with E-state index in [2.05, 4.69) is 44.0 Å². The minimum atomic E-state index is -0.509. The maximum Gasteiger partial charge on any atom is 0.270 e. The second kappa shape index (κ2) is 9.46. The Kier molecular flexibility index (Phi) is 6.73. The molecule has 0 saturated carbocycles. The normalized spacial score (nSPS) is 20.7. The summed E-state index contributed by atoms with van der Waals surface area (Å²) in [6, 6.07) is 11.6. The van der Waals surface area contributed by atoms with Crippen LogP contribution in [0.2, 0.25) is 0 Å². The molecule has 7 heteroatoms. The third-order valence-electron chi connectivity index (χ3n) is 6.88. The van der Waals surface area contributed by atoms with Gasteiger partial charge < -0.3 is 9.64 Å². The Balaban J connectivity index is 1.80. The van der Waals surface area contributed by atoms with Gasteiger partial charge >= 0.3 is 0 Å². The van der Waals surface area contributed by atoms with Crippen LogP contribution in [0.3, 0.4) is 0 Å². The molecule has 1 saturated heterocycles. The second-order valence-corrected chi connectivity index (χ2v) is 10.4. The average molecular weight is 492 g/mol. The van der Waals surface area contributed by atoms with Crippen molar-refractivity contribution >= 4 is 46.6 Å². The molecule has 0 radical (unpaired) electrons. The highest BCUT2D eigenvalue weighted by molar-refractivity contribution is 7.80. The summed E-state index contributed by atoms with van der Waals surface area (Å²) < 4.78 is 5.75. The molecule has 2 heterocycles. The van der Waals surface area contributed by atoms with Gasteiger partial charge in [-0.15, -0.1) is 0 Å². The van der Waals surface area contributed by atoms with Gasteiger partial charge in [0.2, 0.25) is 0 Å². The molecule has 2 aliphatic heterocycles. The summed E-state index contributed by atoms with van der Waals surface area (Å²) in [4.78, 5) is 30.1. The number of anilines is 2. The molecule has 184 valence electrons. The Morgan fingerprint density at radius 3 is 2.51 bits per heavy atom. The first kappa shape index (κ1) is 24.9. The summed E-state index contributed by atoms with van der Waals surface area (Å²) in [6.07, 6.45) is 3.67. The van der Waals surface area contributed by atoms with Gasteiger partial charge in [-0.3, -0.25) is 19.8 Å². The van der Waals surface area contributed by atoms with Crippen LogP contribution in [0.4, 0.5) is 11.4 Å². The number of thiocarbonyl (C=S) groups is 1. The molecule has 1 N–H and O–H groups in total. The highest BCUT2D eigenvalue weighted by atomic mass is 32.1. The van der Waals surface area contributed by atoms with Crippen molar-refractivity contribution in [3.63, 3.8) is 0 Å². The Labute approximate surface area is 212 Å². The van der Waals surface area contributed by atoms with E-state index in [-0.39, 0.29) is 16.2 Å². The molecule has 0 bridgehead atoms. The van der Waals surface area contributed by atoms with E-state index in [1.807, 2.05) is 37.3 Å². The van der Waals surface area contributed by atoms with Gasteiger partial charge in [-0.25, -0.2) is 0 Å². The summed E-state index contributed by atoms with van der Waals surface area (Å²) >= 11 is 5.33. The van der Waals surface area contributed by atoms with Crippen molar-refractivity contribution < 1.29 is 14.3 Å². The fraction of sp³-hybridized carbons (Fsp3) is 0.393. The number of nitrogens with one attached hydrogen (secondary N) is 1. The Hall–Kier alpha value is -3.19. The van der Waals surface area contributed by atoms with E-state index >= 15 is 0 Å². The van der Waals surface area contributed by atoms with Crippen LogP contribution in [0.1, 0.15) is 63.1 Å². The predicted octanol–water partition coefficient (Wildman–Crippen LogP) is 5.34. The number of fused-ring (bicyclic) bond motifs is 1. The van der Waals surface area contributed by atoms with Crippen LogP contribution in [-0.4, -0.2) is 36.1 Å². The first-order valence-electron chi connectivity index (χ1n) is 12.0. The van der Waals surface area contributed by atoms with Crippen LogP contribution in [0.15, 0.2) is 42.0 Å². The van der Waals surface area contributed by atoms with E-state index in [1.54, 1.807) is 13.2 Å². The summed E-state index contributed by atoms with van der Waals surface area (Å²) in [7, 11) is 1.61. The van der Waals surface area contributed by atoms with Crippen molar-refractivity contribution in [2.45, 2.75) is 58.9 Å². The summed E-state index contributed by atoms with van der Waals surface area (Å²) in [6.45, 7) is 11.9. The monoisotopic (exact) mass is 491 g/mol. The molecule has 6 nitrogen and oxygen atoms in total. The van der Waals surface area contributed by atoms with Crippen LogP contribution < -0.4 is 19.9 Å². The summed E-state index contributed by atoms with van der Waals surface area (Å²) in [5, 5.41) is 2.74. The SMILES string of the molecule is CCCN1c2cc(OC)c(/C=C3/C(=O)NC(=S)N(c4ccc(C)cc4)C3=O)cc2C(C)CC1(C)C. The number of carbonyl (C=O) groups is 2. The number of nitrogens with zero attached hydrogens (tertiary/aromatic N) is 2. The lowest BCUT2D eigenvalue weighted by molar-refractivity contribution is -0.122. The van der Waals surface area contributed by atoms with Crippen LogP contribution in [0.5, 0.6) is 5.75 Å². The summed E-state index contributed by atoms with van der Waals surface area (Å²) in [5.41, 5.74) is 4.77. The highest BCUT2D eigenvalue weighted by Crippen LogP contribution is 2.46. The number of hydrogen-bond donors (Lipinski definition) is 1. The molecule has 1 fully saturated rings. The lowest BCUT2D eigenvalue weighted by atomic mass is 9.79. The molecule has 2 aliphatic rings. The van der Waals surface area contributed by atoms with Gasteiger partial charge in [-0.2, -0.15) is 0 Å². The van der Waals surface area contributed by atoms with E-state index < -0.39 is 11.8 Å². The van der Waals surface area contributed by atoms with Crippen LogP contribution in [-0.2, 0) is 9.59 Å². The average Bonchev–Trinajstić information content (AvgIpc) is 2.80. The van der Waals surface area contributed by atoms with Crippen molar-refractivity contribution in [3.8, 4) is 5.75 Å². The van der Waals surface area contributed by atoms with Gasteiger partial charge in [-0.05, 0) is 81.6 Å². The number of aryl methyl sites for hydroxylation is 1. The molecule has 0 aliphatic carbocycles. The first-order valence-corrected chi connectivity index (χ1v) is 12.5. The zero-order valence-electron chi connectivity index (χ0n) is 21.3. The number of hydrogen-bond acceptors (Lipinski definition) is 5. The van der Waals surface area contributed by atoms with E-state index in [0.717, 1.165) is 30.6 Å². The van der Waals surface area contributed by atoms with E-state index in [9.17, 15) is 9.59 Å². The zero-order valence-corrected chi connectivity index (χ0v) is 22.1. The van der Waals surface area contributed by atoms with Gasteiger partial charge in [-0.1, -0.05) is 31.5 Å². The van der Waals surface area contributed by atoms with Crippen molar-refractivity contribution in [3.05, 3.63) is 58.7 Å².